The molecule has 2 nitrogen and oxygen atoms in total. The van der Waals surface area contributed by atoms with Crippen molar-refractivity contribution in [2.45, 2.75) is 32.2 Å². The van der Waals surface area contributed by atoms with E-state index in [0.717, 1.165) is 19.5 Å². The average molecular weight is 192 g/mol. The van der Waals surface area contributed by atoms with Crippen molar-refractivity contribution in [3.63, 3.8) is 0 Å². The van der Waals surface area contributed by atoms with Gasteiger partial charge in [0.1, 0.15) is 0 Å². The van der Waals surface area contributed by atoms with Crippen LogP contribution in [0.15, 0.2) is 0 Å². The highest BCUT2D eigenvalue weighted by Crippen LogP contribution is 2.08. The first kappa shape index (κ1) is 10.9. The van der Waals surface area contributed by atoms with E-state index in [2.05, 4.69) is 5.32 Å². The van der Waals surface area contributed by atoms with Crippen LogP contribution in [0.25, 0.3) is 0 Å². The second-order valence-electron chi connectivity index (χ2n) is 3.54. The molecule has 4 heteroatoms. The zero-order chi connectivity index (χ0) is 9.68. The van der Waals surface area contributed by atoms with Crippen LogP contribution in [0.5, 0.6) is 0 Å². The van der Waals surface area contributed by atoms with Crippen molar-refractivity contribution in [3.05, 3.63) is 0 Å². The molecule has 13 heavy (non-hydrogen) atoms. The quantitative estimate of drug-likeness (QED) is 0.707. The number of nitrogens with zero attached hydrogens (tertiary/aromatic N) is 1. The summed E-state index contributed by atoms with van der Waals surface area (Å²) in [6.45, 7) is 4.35. The first-order valence-electron chi connectivity index (χ1n) is 4.96. The van der Waals surface area contributed by atoms with Crippen LogP contribution in [0.2, 0.25) is 0 Å². The maximum atomic E-state index is 12.1. The van der Waals surface area contributed by atoms with Gasteiger partial charge in [0.05, 0.1) is 6.54 Å². The summed E-state index contributed by atoms with van der Waals surface area (Å²) in [7, 11) is 0. The Morgan fingerprint density at radius 1 is 1.54 bits per heavy atom. The molecule has 1 unspecified atom stereocenters. The first-order valence-corrected chi connectivity index (χ1v) is 4.96. The molecule has 1 N–H and O–H groups in total. The lowest BCUT2D eigenvalue weighted by Gasteiger charge is -2.23. The summed E-state index contributed by atoms with van der Waals surface area (Å²) in [5.74, 6) is 0. The number of nitrogens with one attached hydrogen (secondary N) is 1. The maximum Gasteiger partial charge on any atom is 0.251 e. The molecule has 78 valence electrons. The van der Waals surface area contributed by atoms with Crippen molar-refractivity contribution in [1.82, 2.24) is 10.2 Å². The Balaban J connectivity index is 2.21. The molecule has 0 aromatic carbocycles. The Kier molecular flexibility index (Phi) is 4.59. The Hall–Kier alpha value is -0.220. The van der Waals surface area contributed by atoms with Gasteiger partial charge in [0.15, 0.2) is 0 Å². The lowest BCUT2D eigenvalue weighted by atomic mass is 10.2. The summed E-state index contributed by atoms with van der Waals surface area (Å²) in [5, 5.41) is 3.31. The molecule has 0 radical (unpaired) electrons. The van der Waals surface area contributed by atoms with Gasteiger partial charge in [-0.05, 0) is 25.9 Å². The van der Waals surface area contributed by atoms with Gasteiger partial charge in [0.2, 0.25) is 0 Å². The highest BCUT2D eigenvalue weighted by Gasteiger charge is 2.18. The molecule has 0 saturated carbocycles. The average Bonchev–Trinajstić information content (AvgIpc) is 2.55. The zero-order valence-electron chi connectivity index (χ0n) is 8.10. The predicted octanol–water partition coefficient (Wildman–Crippen LogP) is 1.33. The van der Waals surface area contributed by atoms with E-state index in [1.807, 2.05) is 11.8 Å². The minimum absolute atomic E-state index is 0.0886. The van der Waals surface area contributed by atoms with Crippen LogP contribution >= 0.6 is 0 Å². The van der Waals surface area contributed by atoms with Crippen LogP contribution < -0.4 is 5.32 Å². The molecule has 1 rings (SSSR count). The molecule has 1 saturated heterocycles. The van der Waals surface area contributed by atoms with Gasteiger partial charge in [-0.3, -0.25) is 4.90 Å². The Morgan fingerprint density at radius 2 is 2.31 bits per heavy atom. The van der Waals surface area contributed by atoms with Crippen LogP contribution in [0.3, 0.4) is 0 Å². The van der Waals surface area contributed by atoms with E-state index in [9.17, 15) is 8.78 Å². The molecule has 1 aliphatic heterocycles. The van der Waals surface area contributed by atoms with Gasteiger partial charge in [0, 0.05) is 12.6 Å². The predicted molar refractivity (Wildman–Crippen MR) is 49.1 cm³/mol. The van der Waals surface area contributed by atoms with E-state index in [0.29, 0.717) is 12.6 Å². The van der Waals surface area contributed by atoms with Crippen molar-refractivity contribution in [3.8, 4) is 0 Å². The summed E-state index contributed by atoms with van der Waals surface area (Å²) in [6, 6.07) is 0.429. The van der Waals surface area contributed by atoms with Crippen LogP contribution in [-0.2, 0) is 0 Å². The molecule has 0 bridgehead atoms. The third-order valence-corrected chi connectivity index (χ3v) is 2.48. The van der Waals surface area contributed by atoms with Gasteiger partial charge in [-0.1, -0.05) is 6.92 Å². The van der Waals surface area contributed by atoms with E-state index in [1.165, 1.54) is 6.42 Å². The van der Waals surface area contributed by atoms with Crippen molar-refractivity contribution in [1.29, 1.82) is 0 Å². The lowest BCUT2D eigenvalue weighted by molar-refractivity contribution is 0.0869. The van der Waals surface area contributed by atoms with Crippen molar-refractivity contribution in [2.75, 3.05) is 26.2 Å². The number of rotatable bonds is 5. The van der Waals surface area contributed by atoms with E-state index < -0.39 is 6.43 Å². The fourth-order valence-corrected chi connectivity index (χ4v) is 1.75. The fourth-order valence-electron chi connectivity index (χ4n) is 1.75. The maximum absolute atomic E-state index is 12.1. The minimum Gasteiger partial charge on any atom is -0.313 e. The highest BCUT2D eigenvalue weighted by molar-refractivity contribution is 4.77. The number of likely N-dealkylation sites (N-methyl/N-ethyl adjacent to an activating group) is 1. The monoisotopic (exact) mass is 192 g/mol. The normalized spacial score (nSPS) is 23.3. The second-order valence-corrected chi connectivity index (χ2v) is 3.54. The molecule has 0 amide bonds. The third-order valence-electron chi connectivity index (χ3n) is 2.48. The summed E-state index contributed by atoms with van der Waals surface area (Å²) in [5.41, 5.74) is 0. The largest absolute Gasteiger partial charge is 0.313 e. The second kappa shape index (κ2) is 5.50. The molecular weight excluding hydrogens is 174 g/mol. The Labute approximate surface area is 78.3 Å². The molecule has 0 spiro atoms. The molecule has 1 atom stereocenters. The summed E-state index contributed by atoms with van der Waals surface area (Å²) < 4.78 is 24.2. The van der Waals surface area contributed by atoms with Gasteiger partial charge < -0.3 is 5.32 Å². The number of hydrogen-bond donors (Lipinski definition) is 1. The van der Waals surface area contributed by atoms with Crippen molar-refractivity contribution < 1.29 is 8.78 Å². The van der Waals surface area contributed by atoms with Gasteiger partial charge in [-0.2, -0.15) is 0 Å². The molecule has 1 fully saturated rings. The molecule has 0 aromatic heterocycles. The number of halogens is 2. The van der Waals surface area contributed by atoms with Gasteiger partial charge >= 0.3 is 0 Å². The third kappa shape index (κ3) is 4.00. The topological polar surface area (TPSA) is 15.3 Å². The molecule has 1 heterocycles. The van der Waals surface area contributed by atoms with E-state index >= 15 is 0 Å². The fraction of sp³-hybridized carbons (Fsp3) is 1.00. The minimum atomic E-state index is -2.21. The van der Waals surface area contributed by atoms with Crippen LogP contribution in [0.1, 0.15) is 19.8 Å². The lowest BCUT2D eigenvalue weighted by Crippen LogP contribution is -2.39. The highest BCUT2D eigenvalue weighted by atomic mass is 19.3. The Bertz CT molecular complexity index is 136. The van der Waals surface area contributed by atoms with Gasteiger partial charge in [-0.15, -0.1) is 0 Å². The smallest absolute Gasteiger partial charge is 0.251 e. The molecule has 1 aliphatic rings. The summed E-state index contributed by atoms with van der Waals surface area (Å²) in [6.07, 6.45) is 0.0951. The molecule has 0 aliphatic carbocycles. The van der Waals surface area contributed by atoms with Crippen LogP contribution in [-0.4, -0.2) is 43.5 Å². The number of hydrogen-bond acceptors (Lipinski definition) is 2. The van der Waals surface area contributed by atoms with E-state index in [4.69, 9.17) is 0 Å². The van der Waals surface area contributed by atoms with E-state index in [1.54, 1.807) is 0 Å². The summed E-state index contributed by atoms with van der Waals surface area (Å²) >= 11 is 0. The van der Waals surface area contributed by atoms with Gasteiger partial charge in [0.25, 0.3) is 6.43 Å². The number of alkyl halides is 2. The SMILES string of the molecule is CCN(CC(F)F)CC1CCCN1. The standard InChI is InChI=1S/C9H18F2N2/c1-2-13(7-9(10)11)6-8-4-3-5-12-8/h8-9,12H,2-7H2,1H3. The first-order chi connectivity index (χ1) is 6.22. The zero-order valence-corrected chi connectivity index (χ0v) is 8.10. The van der Waals surface area contributed by atoms with E-state index in [-0.39, 0.29) is 6.54 Å². The van der Waals surface area contributed by atoms with Gasteiger partial charge in [-0.25, -0.2) is 8.78 Å². The van der Waals surface area contributed by atoms with Crippen LogP contribution in [0, 0.1) is 0 Å². The molecule has 0 aromatic rings. The molecular formula is C9H18F2N2. The van der Waals surface area contributed by atoms with Crippen molar-refractivity contribution in [2.24, 2.45) is 0 Å². The summed E-state index contributed by atoms with van der Waals surface area (Å²) in [4.78, 5) is 1.81. The van der Waals surface area contributed by atoms with Crippen molar-refractivity contribution >= 4 is 0 Å². The van der Waals surface area contributed by atoms with Crippen LogP contribution in [0.4, 0.5) is 8.78 Å². The Morgan fingerprint density at radius 3 is 2.77 bits per heavy atom.